The zero-order chi connectivity index (χ0) is 42.1. The zero-order valence-corrected chi connectivity index (χ0v) is 37.9. The van der Waals surface area contributed by atoms with Crippen LogP contribution in [0.2, 0.25) is 54.4 Å². The highest BCUT2D eigenvalue weighted by atomic mass is 28.4. The second-order valence-electron chi connectivity index (χ2n) is 19.0. The van der Waals surface area contributed by atoms with Gasteiger partial charge in [0, 0.05) is 5.56 Å². The molecule has 310 valence electrons. The molecule has 4 atom stereocenters. The Bertz CT molecular complexity index is 1810. The van der Waals surface area contributed by atoms with Gasteiger partial charge in [0.05, 0.1) is 31.2 Å². The van der Waals surface area contributed by atoms with Gasteiger partial charge in [0.2, 0.25) is 5.88 Å². The van der Waals surface area contributed by atoms with Crippen molar-refractivity contribution >= 4 is 36.1 Å². The van der Waals surface area contributed by atoms with Crippen molar-refractivity contribution in [3.05, 3.63) is 35.7 Å². The molecule has 3 aromatic rings. The number of alkyl halides is 6. The van der Waals surface area contributed by atoms with Crippen molar-refractivity contribution in [3.8, 4) is 17.3 Å². The number of halogens is 6. The Balaban J connectivity index is 1.99. The lowest BCUT2D eigenvalue weighted by Crippen LogP contribution is -2.54. The normalized spacial score (nSPS) is 21.1. The summed E-state index contributed by atoms with van der Waals surface area (Å²) in [5.74, 6) is -0.564. The molecule has 1 fully saturated rings. The predicted octanol–water partition coefficient (Wildman–Crippen LogP) is 11.2. The highest BCUT2D eigenvalue weighted by Gasteiger charge is 2.55. The summed E-state index contributed by atoms with van der Waals surface area (Å²) in [7, 11) is -6.10. The Kier molecular flexibility index (Phi) is 12.2. The molecule has 18 heteroatoms. The third-order valence-electron chi connectivity index (χ3n) is 11.9. The van der Waals surface area contributed by atoms with Gasteiger partial charge in [0.15, 0.2) is 48.2 Å². The summed E-state index contributed by atoms with van der Waals surface area (Å²) in [6.45, 7) is 32.3. The molecule has 1 aliphatic rings. The molecule has 2 aromatic heterocycles. The van der Waals surface area contributed by atoms with E-state index in [4.69, 9.17) is 22.8 Å². The van der Waals surface area contributed by atoms with Crippen molar-refractivity contribution in [2.24, 2.45) is 0 Å². The molecule has 4 rings (SSSR count). The fourth-order valence-corrected chi connectivity index (χ4v) is 8.93. The maximum Gasteiger partial charge on any atom is 0.416 e. The molecule has 0 saturated carbocycles. The summed E-state index contributed by atoms with van der Waals surface area (Å²) in [4.78, 5) is 13.3. The van der Waals surface area contributed by atoms with Gasteiger partial charge in [-0.15, -0.1) is 0 Å². The minimum atomic E-state index is -5.07. The van der Waals surface area contributed by atoms with Crippen LogP contribution < -0.4 is 4.74 Å². The molecule has 1 aromatic carbocycles. The molecule has 1 saturated heterocycles. The van der Waals surface area contributed by atoms with Gasteiger partial charge in [-0.25, -0.2) is 9.97 Å². The van der Waals surface area contributed by atoms with E-state index in [0.29, 0.717) is 12.1 Å². The fraction of sp³-hybridized carbons (Fsp3) is 0.703. The maximum absolute atomic E-state index is 13.9. The predicted molar refractivity (Wildman–Crippen MR) is 209 cm³/mol. The summed E-state index contributed by atoms with van der Waals surface area (Å²) in [6, 6.07) is 1.24. The molecule has 0 amide bonds. The number of benzene rings is 1. The SMILES string of the molecule is COc1nc(-c2cc(C(F)(F)F)cc(C(F)(F)F)c2)nc2c1ncn2[C@@H]1O[C@H](CO[Si](C)(C)C(C)(C)C)[C@@H](O[Si](C)(C)C(C)(C)C)[C@H]1O[Si](C)(C)C(C)(C)C. The van der Waals surface area contributed by atoms with Crippen LogP contribution in [0.1, 0.15) is 79.7 Å². The van der Waals surface area contributed by atoms with Crippen LogP contribution in [-0.2, 0) is 30.4 Å². The Labute approximate surface area is 324 Å². The first-order valence-electron chi connectivity index (χ1n) is 18.3. The first kappa shape index (κ1) is 45.3. The highest BCUT2D eigenvalue weighted by molar-refractivity contribution is 6.75. The Morgan fingerprint density at radius 1 is 0.691 bits per heavy atom. The van der Waals surface area contributed by atoms with Crippen molar-refractivity contribution in [1.82, 2.24) is 19.5 Å². The number of methoxy groups -OCH3 is 1. The van der Waals surface area contributed by atoms with Gasteiger partial charge in [-0.05, 0) is 72.6 Å². The van der Waals surface area contributed by atoms with Crippen molar-refractivity contribution in [2.75, 3.05) is 13.7 Å². The molecule has 0 aliphatic carbocycles. The third-order valence-corrected chi connectivity index (χ3v) is 25.3. The summed E-state index contributed by atoms with van der Waals surface area (Å²) in [6.07, 6.45) is -11.6. The lowest BCUT2D eigenvalue weighted by atomic mass is 10.0. The van der Waals surface area contributed by atoms with Gasteiger partial charge in [0.25, 0.3) is 0 Å². The molecule has 0 N–H and O–H groups in total. The van der Waals surface area contributed by atoms with Gasteiger partial charge in [-0.3, -0.25) is 4.57 Å². The zero-order valence-electron chi connectivity index (χ0n) is 34.9. The summed E-state index contributed by atoms with van der Waals surface area (Å²) in [5, 5.41) is -0.517. The standard InChI is InChI=1S/C37H58F6N4O5Si3/c1-33(2,3)53(11,12)49-20-25-27(51-54(13,14)34(4,5)6)28(52-55(15,16)35(7,8)9)32(50-25)47-21-44-26-30(47)45-29(46-31(26)48-10)22-17-23(36(38,39)40)19-24(18-22)37(41,42)43/h17-19,21,25,27-28,32H,20H2,1-16H3/t25-,27-,28-,32-/m1/s1. The minimum Gasteiger partial charge on any atom is -0.479 e. The molecule has 0 spiro atoms. The Morgan fingerprint density at radius 3 is 1.60 bits per heavy atom. The average molecular weight is 837 g/mol. The van der Waals surface area contributed by atoms with Crippen LogP contribution in [0.25, 0.3) is 22.6 Å². The van der Waals surface area contributed by atoms with E-state index in [1.165, 1.54) is 13.4 Å². The van der Waals surface area contributed by atoms with Gasteiger partial charge in [-0.2, -0.15) is 31.3 Å². The van der Waals surface area contributed by atoms with Crippen LogP contribution in [0.5, 0.6) is 5.88 Å². The molecule has 1 aliphatic heterocycles. The quantitative estimate of drug-likeness (QED) is 0.147. The van der Waals surface area contributed by atoms with Crippen LogP contribution in [0.4, 0.5) is 26.3 Å². The molecule has 0 radical (unpaired) electrons. The molecule has 0 bridgehead atoms. The van der Waals surface area contributed by atoms with E-state index in [9.17, 15) is 26.3 Å². The van der Waals surface area contributed by atoms with Gasteiger partial charge in [0.1, 0.15) is 18.3 Å². The fourth-order valence-electron chi connectivity index (χ4n) is 5.31. The van der Waals surface area contributed by atoms with Gasteiger partial charge in [-0.1, -0.05) is 62.3 Å². The number of fused-ring (bicyclic) bond motifs is 1. The van der Waals surface area contributed by atoms with Crippen LogP contribution >= 0.6 is 0 Å². The number of aromatic nitrogens is 4. The van der Waals surface area contributed by atoms with Gasteiger partial charge < -0.3 is 22.8 Å². The Hall–Kier alpha value is -2.36. The number of rotatable bonds is 10. The van der Waals surface area contributed by atoms with Crippen molar-refractivity contribution in [2.45, 2.75) is 154 Å². The first-order valence-corrected chi connectivity index (χ1v) is 27.1. The second kappa shape index (κ2) is 14.8. The number of hydrogen-bond donors (Lipinski definition) is 0. The van der Waals surface area contributed by atoms with E-state index in [-0.39, 0.29) is 44.8 Å². The number of imidazole rings is 1. The van der Waals surface area contributed by atoms with E-state index in [0.717, 1.165) is 0 Å². The molecule has 3 heterocycles. The van der Waals surface area contributed by atoms with E-state index < -0.39 is 84.4 Å². The van der Waals surface area contributed by atoms with Crippen LogP contribution in [-0.4, -0.2) is 76.5 Å². The number of ether oxygens (including phenoxy) is 2. The molecule has 0 unspecified atom stereocenters. The average Bonchev–Trinajstić information content (AvgIpc) is 3.57. The monoisotopic (exact) mass is 836 g/mol. The second-order valence-corrected chi connectivity index (χ2v) is 33.3. The third kappa shape index (κ3) is 9.52. The van der Waals surface area contributed by atoms with Crippen LogP contribution in [0.15, 0.2) is 24.5 Å². The molecular formula is C37H58F6N4O5Si3. The highest BCUT2D eigenvalue weighted by Crippen LogP contribution is 2.47. The van der Waals surface area contributed by atoms with E-state index >= 15 is 0 Å². The van der Waals surface area contributed by atoms with Crippen LogP contribution in [0, 0.1) is 0 Å². The molecule has 9 nitrogen and oxygen atoms in total. The largest absolute Gasteiger partial charge is 0.479 e. The summed E-state index contributed by atoms with van der Waals surface area (Å²) >= 11 is 0. The van der Waals surface area contributed by atoms with E-state index in [1.807, 2.05) is 0 Å². The van der Waals surface area contributed by atoms with Crippen molar-refractivity contribution in [1.29, 1.82) is 0 Å². The first-order chi connectivity index (χ1) is 24.6. The summed E-state index contributed by atoms with van der Waals surface area (Å²) < 4.78 is 119. The van der Waals surface area contributed by atoms with Crippen molar-refractivity contribution in [3.63, 3.8) is 0 Å². The topological polar surface area (TPSA) is 89.8 Å². The molecule has 55 heavy (non-hydrogen) atoms. The Morgan fingerprint density at radius 2 is 1.16 bits per heavy atom. The number of nitrogens with zero attached hydrogens (tertiary/aromatic N) is 4. The van der Waals surface area contributed by atoms with E-state index in [1.54, 1.807) is 4.57 Å². The number of hydrogen-bond acceptors (Lipinski definition) is 8. The maximum atomic E-state index is 13.9. The lowest BCUT2D eigenvalue weighted by Gasteiger charge is -2.44. The smallest absolute Gasteiger partial charge is 0.416 e. The van der Waals surface area contributed by atoms with Crippen molar-refractivity contribution < 1.29 is 49.1 Å². The molecular weight excluding hydrogens is 779 g/mol. The minimum absolute atomic E-state index is 0.0627. The van der Waals surface area contributed by atoms with E-state index in [2.05, 4.69) is 117 Å². The van der Waals surface area contributed by atoms with Gasteiger partial charge >= 0.3 is 12.4 Å². The lowest BCUT2D eigenvalue weighted by molar-refractivity contribution is -0.143. The summed E-state index contributed by atoms with van der Waals surface area (Å²) in [5.41, 5.74) is -3.29. The van der Waals surface area contributed by atoms with Crippen LogP contribution in [0.3, 0.4) is 0 Å².